The van der Waals surface area contributed by atoms with Crippen LogP contribution in [-0.2, 0) is 4.79 Å². The Morgan fingerprint density at radius 3 is 2.38 bits per heavy atom. The number of urea groups is 1. The van der Waals surface area contributed by atoms with Crippen LogP contribution in [0.5, 0.6) is 0 Å². The zero-order valence-corrected chi connectivity index (χ0v) is 9.47. The van der Waals surface area contributed by atoms with Crippen LogP contribution in [0.3, 0.4) is 0 Å². The van der Waals surface area contributed by atoms with Crippen LogP contribution < -0.4 is 10.2 Å². The fraction of sp³-hybridized carbons (Fsp3) is 0. The number of anilines is 1. The summed E-state index contributed by atoms with van der Waals surface area (Å²) in [7, 11) is 0. The molecule has 1 saturated heterocycles. The molecule has 0 atom stereocenters. The molecule has 1 aliphatic heterocycles. The van der Waals surface area contributed by atoms with E-state index in [9.17, 15) is 9.59 Å². The Bertz CT molecular complexity index is 514. The van der Waals surface area contributed by atoms with Gasteiger partial charge in [-0.1, -0.05) is 29.8 Å². The van der Waals surface area contributed by atoms with Gasteiger partial charge in [0.05, 0.1) is 15.7 Å². The van der Waals surface area contributed by atoms with Gasteiger partial charge in [0.25, 0.3) is 5.91 Å². The molecule has 0 bridgehead atoms. The quantitative estimate of drug-likeness (QED) is 0.620. The molecule has 0 aliphatic carbocycles. The highest BCUT2D eigenvalue weighted by atomic mass is 35.5. The molecule has 0 unspecified atom stereocenters. The molecule has 1 fully saturated rings. The van der Waals surface area contributed by atoms with Gasteiger partial charge in [-0.3, -0.25) is 15.0 Å². The maximum atomic E-state index is 11.4. The minimum absolute atomic E-state index is 0.0587. The number of rotatable bonds is 1. The summed E-state index contributed by atoms with van der Waals surface area (Å²) in [4.78, 5) is 23.8. The Kier molecular flexibility index (Phi) is 2.61. The summed E-state index contributed by atoms with van der Waals surface area (Å²) in [5, 5.41) is 2.80. The Labute approximate surface area is 101 Å². The molecular formula is C10H6Cl2N2O2. The number of benzene rings is 1. The first-order valence-corrected chi connectivity index (χ1v) is 5.05. The van der Waals surface area contributed by atoms with Crippen LogP contribution in [-0.4, -0.2) is 11.9 Å². The number of imide groups is 1. The van der Waals surface area contributed by atoms with Crippen LogP contribution in [0.1, 0.15) is 0 Å². The first kappa shape index (κ1) is 11.0. The molecular weight excluding hydrogens is 251 g/mol. The van der Waals surface area contributed by atoms with Crippen LogP contribution in [0.4, 0.5) is 10.5 Å². The molecule has 16 heavy (non-hydrogen) atoms. The molecule has 1 heterocycles. The van der Waals surface area contributed by atoms with Crippen molar-refractivity contribution in [3.8, 4) is 0 Å². The molecule has 1 aromatic carbocycles. The van der Waals surface area contributed by atoms with Crippen LogP contribution >= 0.6 is 23.2 Å². The second-order valence-electron chi connectivity index (χ2n) is 3.14. The van der Waals surface area contributed by atoms with Gasteiger partial charge in [-0.2, -0.15) is 0 Å². The van der Waals surface area contributed by atoms with Crippen LogP contribution in [0.2, 0.25) is 10.0 Å². The molecule has 1 aromatic rings. The van der Waals surface area contributed by atoms with E-state index in [1.54, 1.807) is 12.1 Å². The molecule has 4 nitrogen and oxygen atoms in total. The van der Waals surface area contributed by atoms with Crippen molar-refractivity contribution in [2.45, 2.75) is 0 Å². The van der Waals surface area contributed by atoms with Gasteiger partial charge < -0.3 is 0 Å². The zero-order chi connectivity index (χ0) is 11.9. The number of hydrogen-bond donors (Lipinski definition) is 1. The fourth-order valence-corrected chi connectivity index (χ4v) is 1.64. The number of carbonyl (C=O) groups excluding carboxylic acids is 2. The predicted molar refractivity (Wildman–Crippen MR) is 61.6 cm³/mol. The third-order valence-corrected chi connectivity index (χ3v) is 2.86. The Morgan fingerprint density at radius 2 is 1.88 bits per heavy atom. The van der Waals surface area contributed by atoms with Crippen molar-refractivity contribution >= 4 is 40.8 Å². The Morgan fingerprint density at radius 1 is 1.19 bits per heavy atom. The van der Waals surface area contributed by atoms with Gasteiger partial charge in [0, 0.05) is 0 Å². The largest absolute Gasteiger partial charge is 0.333 e. The third-order valence-electron chi connectivity index (χ3n) is 2.12. The molecule has 0 aromatic heterocycles. The lowest BCUT2D eigenvalue weighted by atomic mass is 10.3. The third kappa shape index (κ3) is 1.66. The van der Waals surface area contributed by atoms with Crippen LogP contribution in [0, 0.1) is 0 Å². The lowest BCUT2D eigenvalue weighted by molar-refractivity contribution is -0.115. The van der Waals surface area contributed by atoms with Crippen molar-refractivity contribution in [3.05, 3.63) is 40.5 Å². The molecule has 0 radical (unpaired) electrons. The van der Waals surface area contributed by atoms with Crippen molar-refractivity contribution in [1.82, 2.24) is 5.32 Å². The average Bonchev–Trinajstić information content (AvgIpc) is 2.47. The van der Waals surface area contributed by atoms with Gasteiger partial charge >= 0.3 is 6.03 Å². The minimum Gasteiger partial charge on any atom is -0.272 e. The molecule has 6 heteroatoms. The van der Waals surface area contributed by atoms with E-state index in [0.717, 1.165) is 4.90 Å². The van der Waals surface area contributed by atoms with E-state index in [1.165, 1.54) is 6.07 Å². The standard InChI is InChI=1S/C10H6Cl2N2O2/c1-5-9(15)13-10(16)14(5)6-2-3-7(11)8(12)4-6/h2-4H,1H2,(H,13,15,16). The Balaban J connectivity index is 2.45. The fourth-order valence-electron chi connectivity index (χ4n) is 1.35. The Hall–Kier alpha value is -1.52. The van der Waals surface area contributed by atoms with Crippen LogP contribution in [0.15, 0.2) is 30.5 Å². The predicted octanol–water partition coefficient (Wildman–Crippen LogP) is 2.56. The molecule has 2 rings (SSSR count). The summed E-state index contributed by atoms with van der Waals surface area (Å²) in [6.07, 6.45) is 0. The molecule has 0 saturated carbocycles. The number of nitrogens with zero attached hydrogens (tertiary/aromatic N) is 1. The summed E-state index contributed by atoms with van der Waals surface area (Å²) in [6, 6.07) is 4.07. The summed E-state index contributed by atoms with van der Waals surface area (Å²) in [5.41, 5.74) is 0.506. The monoisotopic (exact) mass is 256 g/mol. The molecule has 1 N–H and O–H groups in total. The molecule has 0 spiro atoms. The van der Waals surface area contributed by atoms with Crippen molar-refractivity contribution in [1.29, 1.82) is 0 Å². The first-order valence-electron chi connectivity index (χ1n) is 4.30. The van der Waals surface area contributed by atoms with E-state index >= 15 is 0 Å². The highest BCUT2D eigenvalue weighted by Gasteiger charge is 2.32. The molecule has 1 aliphatic rings. The van der Waals surface area contributed by atoms with Crippen molar-refractivity contribution in [2.24, 2.45) is 0 Å². The van der Waals surface area contributed by atoms with Gasteiger partial charge in [-0.25, -0.2) is 4.79 Å². The topological polar surface area (TPSA) is 49.4 Å². The minimum atomic E-state index is -0.548. The second kappa shape index (κ2) is 3.81. The highest BCUT2D eigenvalue weighted by molar-refractivity contribution is 6.42. The normalized spacial score (nSPS) is 15.6. The lowest BCUT2D eigenvalue weighted by Gasteiger charge is -2.14. The smallest absolute Gasteiger partial charge is 0.272 e. The molecule has 82 valence electrons. The second-order valence-corrected chi connectivity index (χ2v) is 3.95. The highest BCUT2D eigenvalue weighted by Crippen LogP contribution is 2.30. The molecule has 3 amide bonds. The van der Waals surface area contributed by atoms with E-state index in [0.29, 0.717) is 15.7 Å². The maximum Gasteiger partial charge on any atom is 0.333 e. The maximum absolute atomic E-state index is 11.4. The van der Waals surface area contributed by atoms with Crippen molar-refractivity contribution in [3.63, 3.8) is 0 Å². The zero-order valence-electron chi connectivity index (χ0n) is 7.96. The van der Waals surface area contributed by atoms with Gasteiger partial charge in [-0.15, -0.1) is 0 Å². The van der Waals surface area contributed by atoms with Gasteiger partial charge in [0.1, 0.15) is 5.70 Å². The van der Waals surface area contributed by atoms with E-state index in [1.807, 2.05) is 0 Å². The van der Waals surface area contributed by atoms with E-state index < -0.39 is 11.9 Å². The lowest BCUT2D eigenvalue weighted by Crippen LogP contribution is -2.27. The summed E-state index contributed by atoms with van der Waals surface area (Å²) < 4.78 is 0. The van der Waals surface area contributed by atoms with Gasteiger partial charge in [0.2, 0.25) is 0 Å². The van der Waals surface area contributed by atoms with Crippen LogP contribution in [0.25, 0.3) is 0 Å². The van der Waals surface area contributed by atoms with E-state index in [4.69, 9.17) is 23.2 Å². The number of halogens is 2. The van der Waals surface area contributed by atoms with Crippen molar-refractivity contribution in [2.75, 3.05) is 4.90 Å². The number of amides is 3. The summed E-state index contributed by atoms with van der Waals surface area (Å²) in [6.45, 7) is 3.51. The van der Waals surface area contributed by atoms with E-state index in [2.05, 4.69) is 11.9 Å². The van der Waals surface area contributed by atoms with Gasteiger partial charge in [0.15, 0.2) is 0 Å². The van der Waals surface area contributed by atoms with Gasteiger partial charge in [-0.05, 0) is 18.2 Å². The number of hydrogen-bond acceptors (Lipinski definition) is 2. The number of nitrogens with one attached hydrogen (secondary N) is 1. The first-order chi connectivity index (χ1) is 7.50. The van der Waals surface area contributed by atoms with Crippen molar-refractivity contribution < 1.29 is 9.59 Å². The summed E-state index contributed by atoms with van der Waals surface area (Å²) >= 11 is 11.6. The SMILES string of the molecule is C=C1C(=O)NC(=O)N1c1ccc(Cl)c(Cl)c1. The number of carbonyl (C=O) groups is 2. The van der Waals surface area contributed by atoms with E-state index in [-0.39, 0.29) is 5.70 Å². The summed E-state index contributed by atoms with van der Waals surface area (Å²) in [5.74, 6) is -0.518. The average molecular weight is 257 g/mol.